The van der Waals surface area contributed by atoms with Gasteiger partial charge in [0.05, 0.1) is 7.11 Å². The van der Waals surface area contributed by atoms with Gasteiger partial charge in [0.1, 0.15) is 17.7 Å². The fourth-order valence-electron chi connectivity index (χ4n) is 1.98. The average molecular weight is 293 g/mol. The zero-order valence-electron chi connectivity index (χ0n) is 11.8. The molecule has 0 spiro atoms. The molecule has 0 fully saturated rings. The number of methoxy groups -OCH3 is 1. The molecule has 0 amide bonds. The highest BCUT2D eigenvalue weighted by molar-refractivity contribution is 5.31. The van der Waals surface area contributed by atoms with Crippen molar-refractivity contribution in [3.05, 3.63) is 59.7 Å². The van der Waals surface area contributed by atoms with Crippen molar-refractivity contribution in [2.75, 3.05) is 7.11 Å². The molecule has 0 saturated carbocycles. The van der Waals surface area contributed by atoms with Crippen LogP contribution in [0.15, 0.2) is 42.5 Å². The fraction of sp³-hybridized carbons (Fsp3) is 0.250. The highest BCUT2D eigenvalue weighted by Crippen LogP contribution is 2.28. The molecule has 3 nitrogen and oxygen atoms in total. The van der Waals surface area contributed by atoms with Gasteiger partial charge in [0.15, 0.2) is 11.6 Å². The van der Waals surface area contributed by atoms with E-state index in [1.165, 1.54) is 0 Å². The van der Waals surface area contributed by atoms with Crippen molar-refractivity contribution in [1.82, 2.24) is 0 Å². The summed E-state index contributed by atoms with van der Waals surface area (Å²) in [5, 5.41) is 0. The molecular weight excluding hydrogens is 276 g/mol. The van der Waals surface area contributed by atoms with E-state index in [0.29, 0.717) is 5.75 Å². The van der Waals surface area contributed by atoms with Gasteiger partial charge in [0.25, 0.3) is 0 Å². The third kappa shape index (κ3) is 3.70. The largest absolute Gasteiger partial charge is 0.497 e. The molecule has 0 radical (unpaired) electrons. The summed E-state index contributed by atoms with van der Waals surface area (Å²) in [5.74, 6) is -0.660. The molecule has 0 aliphatic heterocycles. The minimum Gasteiger partial charge on any atom is -0.497 e. The Morgan fingerprint density at radius 3 is 2.29 bits per heavy atom. The minimum atomic E-state index is -0.629. The van der Waals surface area contributed by atoms with Gasteiger partial charge >= 0.3 is 0 Å². The van der Waals surface area contributed by atoms with E-state index in [9.17, 15) is 8.78 Å². The van der Waals surface area contributed by atoms with E-state index in [1.54, 1.807) is 38.3 Å². The van der Waals surface area contributed by atoms with Gasteiger partial charge in [0, 0.05) is 12.1 Å². The van der Waals surface area contributed by atoms with E-state index >= 15 is 0 Å². The monoisotopic (exact) mass is 293 g/mol. The lowest BCUT2D eigenvalue weighted by Gasteiger charge is -2.23. The highest BCUT2D eigenvalue weighted by atomic mass is 19.1. The molecular formula is C16H17F2NO2. The van der Waals surface area contributed by atoms with Crippen LogP contribution in [0.3, 0.4) is 0 Å². The lowest BCUT2D eigenvalue weighted by atomic mass is 10.0. The smallest absolute Gasteiger partial charge is 0.165 e. The van der Waals surface area contributed by atoms with Crippen LogP contribution in [0.2, 0.25) is 0 Å². The molecule has 21 heavy (non-hydrogen) atoms. The molecule has 2 atom stereocenters. The first kappa shape index (κ1) is 15.3. The molecule has 5 heteroatoms. The van der Waals surface area contributed by atoms with Crippen LogP contribution in [0.25, 0.3) is 0 Å². The lowest BCUT2D eigenvalue weighted by Crippen LogP contribution is -2.29. The first-order valence-electron chi connectivity index (χ1n) is 6.52. The molecule has 0 aliphatic carbocycles. The van der Waals surface area contributed by atoms with Crippen LogP contribution in [0.5, 0.6) is 11.5 Å². The Bertz CT molecular complexity index is 600. The zero-order chi connectivity index (χ0) is 15.4. The Balaban J connectivity index is 2.28. The summed E-state index contributed by atoms with van der Waals surface area (Å²) in [6.07, 6.45) is -0.591. The van der Waals surface area contributed by atoms with Gasteiger partial charge in [-0.3, -0.25) is 0 Å². The van der Waals surface area contributed by atoms with Gasteiger partial charge in [-0.2, -0.15) is 0 Å². The Morgan fingerprint density at radius 2 is 1.71 bits per heavy atom. The normalized spacial score (nSPS) is 13.6. The summed E-state index contributed by atoms with van der Waals surface area (Å²) in [4.78, 5) is 0. The van der Waals surface area contributed by atoms with Gasteiger partial charge in [0.2, 0.25) is 0 Å². The van der Waals surface area contributed by atoms with Crippen LogP contribution < -0.4 is 15.2 Å². The summed E-state index contributed by atoms with van der Waals surface area (Å²) < 4.78 is 37.5. The standard InChI is InChI=1S/C16H17F2NO2/c1-10(19)16(11-3-6-13(20-2)7-4-11)21-15-9-12(17)5-8-14(15)18/h3-10,16H,19H2,1-2H3. The number of ether oxygens (including phenoxy) is 2. The number of hydrogen-bond donors (Lipinski definition) is 1. The van der Waals surface area contributed by atoms with Crippen molar-refractivity contribution in [2.24, 2.45) is 5.73 Å². The molecule has 2 unspecified atom stereocenters. The van der Waals surface area contributed by atoms with Gasteiger partial charge < -0.3 is 15.2 Å². The quantitative estimate of drug-likeness (QED) is 0.918. The van der Waals surface area contributed by atoms with E-state index in [-0.39, 0.29) is 5.75 Å². The third-order valence-electron chi connectivity index (χ3n) is 3.07. The zero-order valence-corrected chi connectivity index (χ0v) is 11.8. The molecule has 2 rings (SSSR count). The van der Waals surface area contributed by atoms with E-state index < -0.39 is 23.8 Å². The molecule has 0 heterocycles. The molecule has 0 aromatic heterocycles. The molecule has 0 bridgehead atoms. The number of nitrogens with two attached hydrogens (primary N) is 1. The van der Waals surface area contributed by atoms with Crippen molar-refractivity contribution in [2.45, 2.75) is 19.1 Å². The predicted octanol–water partition coefficient (Wildman–Crippen LogP) is 3.44. The Hall–Kier alpha value is -2.14. The van der Waals surface area contributed by atoms with Crippen molar-refractivity contribution < 1.29 is 18.3 Å². The summed E-state index contributed by atoms with van der Waals surface area (Å²) in [6, 6.07) is 9.75. The average Bonchev–Trinajstić information content (AvgIpc) is 2.48. The maximum atomic E-state index is 13.7. The number of hydrogen-bond acceptors (Lipinski definition) is 3. The fourth-order valence-corrected chi connectivity index (χ4v) is 1.98. The SMILES string of the molecule is COc1ccc(C(Oc2cc(F)ccc2F)C(C)N)cc1. The van der Waals surface area contributed by atoms with Crippen LogP contribution in [0.4, 0.5) is 8.78 Å². The van der Waals surface area contributed by atoms with Gasteiger partial charge in [-0.1, -0.05) is 12.1 Å². The van der Waals surface area contributed by atoms with Gasteiger partial charge in [-0.05, 0) is 36.8 Å². The number of halogens is 2. The lowest BCUT2D eigenvalue weighted by molar-refractivity contribution is 0.172. The van der Waals surface area contributed by atoms with Crippen molar-refractivity contribution in [1.29, 1.82) is 0 Å². The van der Waals surface area contributed by atoms with Crippen LogP contribution in [-0.2, 0) is 0 Å². The Morgan fingerprint density at radius 1 is 1.05 bits per heavy atom. The second-order valence-electron chi connectivity index (χ2n) is 4.75. The maximum Gasteiger partial charge on any atom is 0.165 e. The molecule has 0 aliphatic rings. The Kier molecular flexibility index (Phi) is 4.75. The van der Waals surface area contributed by atoms with Crippen LogP contribution in [-0.4, -0.2) is 13.2 Å². The van der Waals surface area contributed by atoms with Crippen molar-refractivity contribution >= 4 is 0 Å². The first-order chi connectivity index (χ1) is 10.0. The topological polar surface area (TPSA) is 44.5 Å². The van der Waals surface area contributed by atoms with Crippen LogP contribution in [0.1, 0.15) is 18.6 Å². The maximum absolute atomic E-state index is 13.7. The van der Waals surface area contributed by atoms with Gasteiger partial charge in [-0.15, -0.1) is 0 Å². The van der Waals surface area contributed by atoms with E-state index in [2.05, 4.69) is 0 Å². The van der Waals surface area contributed by atoms with Crippen LogP contribution >= 0.6 is 0 Å². The number of rotatable bonds is 5. The second kappa shape index (κ2) is 6.54. The van der Waals surface area contributed by atoms with E-state index in [0.717, 1.165) is 23.8 Å². The first-order valence-corrected chi connectivity index (χ1v) is 6.52. The predicted molar refractivity (Wildman–Crippen MR) is 76.4 cm³/mol. The molecule has 2 N–H and O–H groups in total. The van der Waals surface area contributed by atoms with Crippen LogP contribution in [0, 0.1) is 11.6 Å². The van der Waals surface area contributed by atoms with Crippen molar-refractivity contribution in [3.8, 4) is 11.5 Å². The summed E-state index contributed by atoms with van der Waals surface area (Å²) in [5.41, 5.74) is 6.66. The number of benzene rings is 2. The summed E-state index contributed by atoms with van der Waals surface area (Å²) in [7, 11) is 1.57. The minimum absolute atomic E-state index is 0.159. The molecule has 2 aromatic carbocycles. The van der Waals surface area contributed by atoms with Gasteiger partial charge in [-0.25, -0.2) is 8.78 Å². The molecule has 2 aromatic rings. The summed E-state index contributed by atoms with van der Waals surface area (Å²) >= 11 is 0. The molecule has 112 valence electrons. The van der Waals surface area contributed by atoms with Crippen molar-refractivity contribution in [3.63, 3.8) is 0 Å². The Labute approximate surface area is 122 Å². The third-order valence-corrected chi connectivity index (χ3v) is 3.07. The van der Waals surface area contributed by atoms with E-state index in [4.69, 9.17) is 15.2 Å². The molecule has 0 saturated heterocycles. The van der Waals surface area contributed by atoms with E-state index in [1.807, 2.05) is 0 Å². The second-order valence-corrected chi connectivity index (χ2v) is 4.75. The highest BCUT2D eigenvalue weighted by Gasteiger charge is 2.20. The summed E-state index contributed by atoms with van der Waals surface area (Å²) in [6.45, 7) is 1.74.